The molecule has 0 unspecified atom stereocenters. The zero-order chi connectivity index (χ0) is 45.4. The zero-order valence-corrected chi connectivity index (χ0v) is 39.2. The molecule has 0 saturated carbocycles. The lowest BCUT2D eigenvalue weighted by Gasteiger charge is -2.34. The lowest BCUT2D eigenvalue weighted by molar-refractivity contribution is 1.16. The Morgan fingerprint density at radius 1 is 0.309 bits per heavy atom. The van der Waals surface area contributed by atoms with Crippen molar-refractivity contribution in [3.8, 4) is 11.4 Å². The zero-order valence-electron chi connectivity index (χ0n) is 39.2. The monoisotopic (exact) mass is 864 g/mol. The van der Waals surface area contributed by atoms with Gasteiger partial charge in [0, 0.05) is 32.9 Å². The minimum Gasteiger partial charge on any atom is -0.310 e. The standard InChI is InChI=1S/C64H46B2N2/c1-35-27-37(3)61(38(4)28-35)65-49-33-56-50(34-55(49)67-53-25-23-41-15-7-11-19-45(41)57(53)59-47-21-13-9-17-43(47)31-51(65)63(59)67)66(62-39(5)29-36(2)30-40(62)6)52-32-44-18-10-14-22-48(44)60-58-46-20-12-8-16-42(46)24-26-54(58)68(56)64(52)60/h7-34H,1-6H3. The summed E-state index contributed by atoms with van der Waals surface area (Å²) < 4.78 is 5.37. The molecule has 0 spiro atoms. The topological polar surface area (TPSA) is 9.86 Å². The van der Waals surface area contributed by atoms with Crippen LogP contribution in [0.5, 0.6) is 0 Å². The number of rotatable bonds is 2. The van der Waals surface area contributed by atoms with E-state index in [9.17, 15) is 0 Å². The fourth-order valence-electron chi connectivity index (χ4n) is 14.0. The Kier molecular flexibility index (Phi) is 7.56. The molecule has 15 rings (SSSR count). The van der Waals surface area contributed by atoms with Crippen LogP contribution in [-0.4, -0.2) is 22.6 Å². The fourth-order valence-corrected chi connectivity index (χ4v) is 14.0. The smallest absolute Gasteiger partial charge is 0.247 e. The van der Waals surface area contributed by atoms with Gasteiger partial charge in [0.25, 0.3) is 0 Å². The van der Waals surface area contributed by atoms with Crippen molar-refractivity contribution in [1.82, 2.24) is 9.13 Å². The van der Waals surface area contributed by atoms with E-state index in [1.165, 1.54) is 164 Å². The maximum atomic E-state index is 2.68. The first-order valence-corrected chi connectivity index (χ1v) is 24.3. The van der Waals surface area contributed by atoms with E-state index >= 15 is 0 Å². The van der Waals surface area contributed by atoms with Gasteiger partial charge >= 0.3 is 0 Å². The molecule has 11 aromatic carbocycles. The van der Waals surface area contributed by atoms with Gasteiger partial charge in [0.2, 0.25) is 13.4 Å². The number of hydrogen-bond acceptors (Lipinski definition) is 0. The van der Waals surface area contributed by atoms with Gasteiger partial charge in [-0.2, -0.15) is 0 Å². The molecule has 2 aliphatic heterocycles. The number of nitrogens with zero attached hydrogens (tertiary/aromatic N) is 2. The van der Waals surface area contributed by atoms with Crippen LogP contribution in [0.1, 0.15) is 33.4 Å². The van der Waals surface area contributed by atoms with Crippen molar-refractivity contribution in [3.05, 3.63) is 203 Å². The molecule has 4 heterocycles. The Morgan fingerprint density at radius 2 is 0.647 bits per heavy atom. The summed E-state index contributed by atoms with van der Waals surface area (Å²) in [6.45, 7) is 13.8. The van der Waals surface area contributed by atoms with Crippen LogP contribution in [0, 0.1) is 41.5 Å². The second kappa shape index (κ2) is 13.4. The molecular weight excluding hydrogens is 818 g/mol. The van der Waals surface area contributed by atoms with Gasteiger partial charge in [-0.25, -0.2) is 0 Å². The first kappa shape index (κ1) is 38.3. The summed E-state index contributed by atoms with van der Waals surface area (Å²) in [7, 11) is 0. The summed E-state index contributed by atoms with van der Waals surface area (Å²) in [5, 5.41) is 15.7. The number of aryl methyl sites for hydroxylation is 6. The summed E-state index contributed by atoms with van der Waals surface area (Å²) in [5.41, 5.74) is 24.0. The molecule has 318 valence electrons. The third-order valence-electron chi connectivity index (χ3n) is 16.3. The first-order chi connectivity index (χ1) is 33.2. The van der Waals surface area contributed by atoms with E-state index in [4.69, 9.17) is 0 Å². The molecule has 0 bridgehead atoms. The second-order valence-electron chi connectivity index (χ2n) is 20.3. The lowest BCUT2D eigenvalue weighted by atomic mass is 9.32. The molecule has 0 aliphatic carbocycles. The molecule has 2 nitrogen and oxygen atoms in total. The van der Waals surface area contributed by atoms with Crippen molar-refractivity contribution in [2.75, 3.05) is 0 Å². The third kappa shape index (κ3) is 4.85. The van der Waals surface area contributed by atoms with Crippen LogP contribution in [-0.2, 0) is 0 Å². The Bertz CT molecular complexity index is 4140. The molecule has 0 amide bonds. The van der Waals surface area contributed by atoms with E-state index in [0.29, 0.717) is 0 Å². The van der Waals surface area contributed by atoms with E-state index in [2.05, 4.69) is 221 Å². The third-order valence-corrected chi connectivity index (χ3v) is 16.3. The van der Waals surface area contributed by atoms with Gasteiger partial charge in [0.1, 0.15) is 0 Å². The van der Waals surface area contributed by atoms with E-state index in [1.54, 1.807) is 0 Å². The van der Waals surface area contributed by atoms with Crippen molar-refractivity contribution in [2.24, 2.45) is 0 Å². The Balaban J connectivity index is 1.20. The van der Waals surface area contributed by atoms with Gasteiger partial charge in [-0.3, -0.25) is 0 Å². The van der Waals surface area contributed by atoms with E-state index in [-0.39, 0.29) is 13.4 Å². The largest absolute Gasteiger partial charge is 0.310 e. The average Bonchev–Trinajstić information content (AvgIpc) is 3.88. The highest BCUT2D eigenvalue weighted by Crippen LogP contribution is 2.44. The van der Waals surface area contributed by atoms with E-state index in [0.717, 1.165) is 0 Å². The number of fused-ring (bicyclic) bond motifs is 18. The van der Waals surface area contributed by atoms with Crippen LogP contribution in [0.4, 0.5) is 0 Å². The van der Waals surface area contributed by atoms with Crippen LogP contribution < -0.4 is 32.8 Å². The van der Waals surface area contributed by atoms with E-state index in [1.807, 2.05) is 0 Å². The summed E-state index contributed by atoms with van der Waals surface area (Å²) in [6.07, 6.45) is 0. The summed E-state index contributed by atoms with van der Waals surface area (Å²) in [5.74, 6) is 0. The van der Waals surface area contributed by atoms with Crippen molar-refractivity contribution in [2.45, 2.75) is 41.5 Å². The fraction of sp³-hybridized carbons (Fsp3) is 0.0938. The number of benzene rings is 11. The van der Waals surface area contributed by atoms with Crippen molar-refractivity contribution in [3.63, 3.8) is 0 Å². The molecule has 0 fully saturated rings. The maximum Gasteiger partial charge on any atom is 0.247 e. The number of hydrogen-bond donors (Lipinski definition) is 0. The minimum atomic E-state index is -0.0106. The molecule has 2 aliphatic rings. The van der Waals surface area contributed by atoms with Gasteiger partial charge in [-0.15, -0.1) is 0 Å². The summed E-state index contributed by atoms with van der Waals surface area (Å²) in [6, 6.07) is 65.8. The minimum absolute atomic E-state index is 0.0106. The predicted octanol–water partition coefficient (Wildman–Crippen LogP) is 12.0. The predicted molar refractivity (Wildman–Crippen MR) is 296 cm³/mol. The van der Waals surface area contributed by atoms with Crippen molar-refractivity contribution in [1.29, 1.82) is 0 Å². The van der Waals surface area contributed by atoms with Gasteiger partial charge < -0.3 is 9.13 Å². The van der Waals surface area contributed by atoms with Crippen molar-refractivity contribution >= 4 is 133 Å². The molecular formula is C64H46B2N2. The normalized spacial score (nSPS) is 13.1. The maximum absolute atomic E-state index is 2.68. The SMILES string of the molecule is Cc1cc(C)c(B2c3cc4c(cc3-n3c5ccc6ccccc6c5c5c6ccccc6cc2c53)B(c2c(C)cc(C)cc2C)c2cc3ccccc3c3c5c6ccccc6ccc5n-4c23)c(C)c1. The van der Waals surface area contributed by atoms with Crippen LogP contribution in [0.25, 0.3) is 98.1 Å². The van der Waals surface area contributed by atoms with Gasteiger partial charge in [-0.05, 0) is 131 Å². The summed E-state index contributed by atoms with van der Waals surface area (Å²) >= 11 is 0. The highest BCUT2D eigenvalue weighted by atomic mass is 15.0. The van der Waals surface area contributed by atoms with Gasteiger partial charge in [0.05, 0.1) is 22.1 Å². The van der Waals surface area contributed by atoms with Gasteiger partial charge in [-0.1, -0.05) is 190 Å². The van der Waals surface area contributed by atoms with Gasteiger partial charge in [0.15, 0.2) is 0 Å². The lowest BCUT2D eigenvalue weighted by Crippen LogP contribution is -2.61. The highest BCUT2D eigenvalue weighted by Gasteiger charge is 2.42. The molecule has 13 aromatic rings. The second-order valence-corrected chi connectivity index (χ2v) is 20.3. The molecule has 0 saturated heterocycles. The molecule has 0 radical (unpaired) electrons. The molecule has 4 heteroatoms. The highest BCUT2D eigenvalue weighted by molar-refractivity contribution is 7.00. The average molecular weight is 865 g/mol. The first-order valence-electron chi connectivity index (χ1n) is 24.3. The van der Waals surface area contributed by atoms with E-state index < -0.39 is 0 Å². The summed E-state index contributed by atoms with van der Waals surface area (Å²) in [4.78, 5) is 0. The Morgan fingerprint density at radius 3 is 1.03 bits per heavy atom. The van der Waals surface area contributed by atoms with Crippen molar-refractivity contribution < 1.29 is 0 Å². The quantitative estimate of drug-likeness (QED) is 0.153. The van der Waals surface area contributed by atoms with Crippen LogP contribution in [0.3, 0.4) is 0 Å². The molecule has 0 N–H and O–H groups in total. The van der Waals surface area contributed by atoms with Crippen LogP contribution >= 0.6 is 0 Å². The Labute approximate surface area is 396 Å². The number of aromatic nitrogens is 2. The molecule has 68 heavy (non-hydrogen) atoms. The molecule has 2 aromatic heterocycles. The Hall–Kier alpha value is -7.81. The van der Waals surface area contributed by atoms with Crippen LogP contribution in [0.15, 0.2) is 170 Å². The molecule has 0 atom stereocenters. The van der Waals surface area contributed by atoms with Crippen LogP contribution in [0.2, 0.25) is 0 Å².